The first-order valence-corrected chi connectivity index (χ1v) is 13.9. The van der Waals surface area contributed by atoms with Crippen molar-refractivity contribution in [3.63, 3.8) is 0 Å². The monoisotopic (exact) mass is 475 g/mol. The molecule has 1 atom stereocenters. The van der Waals surface area contributed by atoms with Gasteiger partial charge in [0.25, 0.3) is 0 Å². The Morgan fingerprint density at radius 1 is 0.706 bits per heavy atom. The van der Waals surface area contributed by atoms with Crippen LogP contribution in [0.5, 0.6) is 0 Å². The average Bonchev–Trinajstić information content (AvgIpc) is 2.85. The van der Waals surface area contributed by atoms with Crippen LogP contribution in [0.2, 0.25) is 0 Å². The Hall–Kier alpha value is -1.91. The maximum Gasteiger partial charge on any atom is 0.356 e. The summed E-state index contributed by atoms with van der Waals surface area (Å²) < 4.78 is 10.7. The Morgan fingerprint density at radius 3 is 1.68 bits per heavy atom. The first-order valence-electron chi connectivity index (χ1n) is 13.9. The number of hydrogen-bond donors (Lipinski definition) is 0. The quantitative estimate of drug-likeness (QED) is 0.132. The zero-order chi connectivity index (χ0) is 24.9. The third-order valence-electron chi connectivity index (χ3n) is 6.18. The molecule has 5 heteroatoms. The van der Waals surface area contributed by atoms with E-state index in [-0.39, 0.29) is 11.4 Å². The Labute approximate surface area is 208 Å². The lowest BCUT2D eigenvalue weighted by atomic mass is 10.0. The van der Waals surface area contributed by atoms with Crippen molar-refractivity contribution >= 4 is 11.9 Å². The molecule has 0 N–H and O–H groups in total. The van der Waals surface area contributed by atoms with E-state index in [1.165, 1.54) is 77.0 Å². The lowest BCUT2D eigenvalue weighted by Gasteiger charge is -2.11. The highest BCUT2D eigenvalue weighted by atomic mass is 16.5. The molecule has 0 radical (unpaired) electrons. The summed E-state index contributed by atoms with van der Waals surface area (Å²) in [6.45, 7) is 7.17. The fourth-order valence-electron chi connectivity index (χ4n) is 4.07. The van der Waals surface area contributed by atoms with Crippen molar-refractivity contribution in [1.82, 2.24) is 4.98 Å². The third kappa shape index (κ3) is 15.1. The zero-order valence-corrected chi connectivity index (χ0v) is 22.1. The average molecular weight is 476 g/mol. The molecule has 0 aliphatic heterocycles. The van der Waals surface area contributed by atoms with Crippen LogP contribution in [0.25, 0.3) is 0 Å². The van der Waals surface area contributed by atoms with Crippen LogP contribution in [-0.2, 0) is 9.47 Å². The van der Waals surface area contributed by atoms with Crippen molar-refractivity contribution in [2.45, 2.75) is 124 Å². The van der Waals surface area contributed by atoms with Gasteiger partial charge in [0.1, 0.15) is 11.4 Å². The van der Waals surface area contributed by atoms with Crippen molar-refractivity contribution in [2.24, 2.45) is 5.92 Å². The number of carbonyl (C=O) groups is 2. The van der Waals surface area contributed by atoms with E-state index in [2.05, 4.69) is 25.8 Å². The van der Waals surface area contributed by atoms with E-state index in [0.717, 1.165) is 25.7 Å². The van der Waals surface area contributed by atoms with E-state index in [4.69, 9.17) is 9.47 Å². The number of hydrogen-bond acceptors (Lipinski definition) is 5. The third-order valence-corrected chi connectivity index (χ3v) is 6.18. The zero-order valence-electron chi connectivity index (χ0n) is 22.1. The molecule has 194 valence electrons. The first-order chi connectivity index (χ1) is 16.6. The fourth-order valence-corrected chi connectivity index (χ4v) is 4.07. The molecule has 5 nitrogen and oxygen atoms in total. The lowest BCUT2D eigenvalue weighted by molar-refractivity contribution is 0.0435. The molecule has 1 aromatic rings. The van der Waals surface area contributed by atoms with Crippen LogP contribution in [0.4, 0.5) is 0 Å². The minimum atomic E-state index is -0.496. The summed E-state index contributed by atoms with van der Waals surface area (Å²) in [7, 11) is 0. The Morgan fingerprint density at radius 2 is 1.18 bits per heavy atom. The van der Waals surface area contributed by atoms with Crippen LogP contribution in [0.15, 0.2) is 18.2 Å². The Bertz CT molecular complexity index is 661. The van der Waals surface area contributed by atoms with Gasteiger partial charge >= 0.3 is 11.9 Å². The summed E-state index contributed by atoms with van der Waals surface area (Å²) in [6, 6.07) is 4.78. The number of esters is 2. The number of carbonyl (C=O) groups excluding carboxylic acids is 2. The smallest absolute Gasteiger partial charge is 0.356 e. The van der Waals surface area contributed by atoms with Crippen molar-refractivity contribution in [2.75, 3.05) is 13.2 Å². The van der Waals surface area contributed by atoms with E-state index in [1.807, 2.05) is 0 Å². The first kappa shape index (κ1) is 30.1. The molecule has 0 spiro atoms. The second kappa shape index (κ2) is 20.5. The predicted octanol–water partition coefficient (Wildman–Crippen LogP) is 8.31. The molecule has 0 aliphatic rings. The van der Waals surface area contributed by atoms with Gasteiger partial charge < -0.3 is 9.47 Å². The van der Waals surface area contributed by atoms with Gasteiger partial charge in [-0.3, -0.25) is 0 Å². The molecule has 0 saturated carbocycles. The van der Waals surface area contributed by atoms with Gasteiger partial charge in [-0.2, -0.15) is 0 Å². The van der Waals surface area contributed by atoms with Gasteiger partial charge in [-0.25, -0.2) is 14.6 Å². The largest absolute Gasteiger partial charge is 0.461 e. The summed E-state index contributed by atoms with van der Waals surface area (Å²) >= 11 is 0. The van der Waals surface area contributed by atoms with Crippen molar-refractivity contribution < 1.29 is 19.1 Å². The van der Waals surface area contributed by atoms with Gasteiger partial charge in [-0.15, -0.1) is 0 Å². The summed E-state index contributed by atoms with van der Waals surface area (Å²) in [5.41, 5.74) is 0.302. The highest BCUT2D eigenvalue weighted by Crippen LogP contribution is 2.13. The molecule has 0 amide bonds. The second-order valence-corrected chi connectivity index (χ2v) is 9.63. The van der Waals surface area contributed by atoms with E-state index in [1.54, 1.807) is 18.2 Å². The van der Waals surface area contributed by atoms with Crippen molar-refractivity contribution in [1.29, 1.82) is 0 Å². The van der Waals surface area contributed by atoms with E-state index < -0.39 is 11.9 Å². The van der Waals surface area contributed by atoms with Gasteiger partial charge in [0.2, 0.25) is 0 Å². The van der Waals surface area contributed by atoms with Gasteiger partial charge in [0.15, 0.2) is 0 Å². The summed E-state index contributed by atoms with van der Waals surface area (Å²) in [4.78, 5) is 28.6. The van der Waals surface area contributed by atoms with Crippen molar-refractivity contribution in [3.05, 3.63) is 29.6 Å². The van der Waals surface area contributed by atoms with Crippen LogP contribution >= 0.6 is 0 Å². The number of pyridine rings is 1. The molecule has 34 heavy (non-hydrogen) atoms. The summed E-state index contributed by atoms with van der Waals surface area (Å²) in [5, 5.41) is 0. The molecule has 0 bridgehead atoms. The van der Waals surface area contributed by atoms with Gasteiger partial charge in [-0.1, -0.05) is 117 Å². The molecular weight excluding hydrogens is 426 g/mol. The molecule has 0 fully saturated rings. The van der Waals surface area contributed by atoms with Crippen LogP contribution in [0.3, 0.4) is 0 Å². The van der Waals surface area contributed by atoms with E-state index in [9.17, 15) is 9.59 Å². The topological polar surface area (TPSA) is 65.5 Å². The molecule has 0 aromatic carbocycles. The van der Waals surface area contributed by atoms with E-state index in [0.29, 0.717) is 19.1 Å². The Kier molecular flexibility index (Phi) is 18.1. The van der Waals surface area contributed by atoms with Crippen molar-refractivity contribution in [3.8, 4) is 0 Å². The Balaban J connectivity index is 2.08. The highest BCUT2D eigenvalue weighted by Gasteiger charge is 2.15. The maximum absolute atomic E-state index is 12.3. The molecular formula is C29H49NO4. The summed E-state index contributed by atoms with van der Waals surface area (Å²) in [5.74, 6) is -0.666. The SMILES string of the molecule is CCCCCCCCCCCCCCCCOC(=O)c1cccc(C(=O)OCC(C)CCC)n1. The number of nitrogens with zero attached hydrogens (tertiary/aromatic N) is 1. The predicted molar refractivity (Wildman–Crippen MR) is 139 cm³/mol. The minimum Gasteiger partial charge on any atom is -0.461 e. The fraction of sp³-hybridized carbons (Fsp3) is 0.759. The number of rotatable bonds is 21. The summed E-state index contributed by atoms with van der Waals surface area (Å²) in [6.07, 6.45) is 20.1. The highest BCUT2D eigenvalue weighted by molar-refractivity contribution is 5.91. The normalized spacial score (nSPS) is 11.9. The van der Waals surface area contributed by atoms with E-state index >= 15 is 0 Å². The standard InChI is InChI=1S/C29H49NO4/c1-4-6-7-8-9-10-11-12-13-14-15-16-17-18-23-33-28(31)26-21-19-22-27(30-26)29(32)34-24-25(3)20-5-2/h19,21-22,25H,4-18,20,23-24H2,1-3H3. The maximum atomic E-state index is 12.3. The number of aromatic nitrogens is 1. The molecule has 1 unspecified atom stereocenters. The minimum absolute atomic E-state index is 0.148. The van der Waals surface area contributed by atoms with Gasteiger partial charge in [0.05, 0.1) is 13.2 Å². The lowest BCUT2D eigenvalue weighted by Crippen LogP contribution is -2.15. The number of unbranched alkanes of at least 4 members (excludes halogenated alkanes) is 13. The van der Waals surface area contributed by atoms with Crippen LogP contribution in [-0.4, -0.2) is 30.1 Å². The molecule has 1 aromatic heterocycles. The molecule has 0 saturated heterocycles. The van der Waals surface area contributed by atoms with Crippen LogP contribution in [0.1, 0.15) is 144 Å². The number of ether oxygens (including phenoxy) is 2. The van der Waals surface area contributed by atoms with Gasteiger partial charge in [-0.05, 0) is 30.9 Å². The van der Waals surface area contributed by atoms with Crippen LogP contribution in [0, 0.1) is 5.92 Å². The molecule has 1 heterocycles. The second-order valence-electron chi connectivity index (χ2n) is 9.63. The molecule has 1 rings (SSSR count). The van der Waals surface area contributed by atoms with Crippen LogP contribution < -0.4 is 0 Å². The van der Waals surface area contributed by atoms with Gasteiger partial charge in [0, 0.05) is 0 Å². The molecule has 0 aliphatic carbocycles.